The molecule has 1 aromatic carbocycles. The topological polar surface area (TPSA) is 85.8 Å². The fourth-order valence-corrected chi connectivity index (χ4v) is 4.22. The number of thioether (sulfide) groups is 1. The van der Waals surface area contributed by atoms with Gasteiger partial charge in [-0.05, 0) is 30.4 Å². The van der Waals surface area contributed by atoms with Gasteiger partial charge in [0.2, 0.25) is 11.1 Å². The summed E-state index contributed by atoms with van der Waals surface area (Å²) in [6, 6.07) is 7.52. The third-order valence-electron chi connectivity index (χ3n) is 5.13. The van der Waals surface area contributed by atoms with Crippen LogP contribution in [0.25, 0.3) is 11.4 Å². The van der Waals surface area contributed by atoms with Crippen LogP contribution in [-0.2, 0) is 4.79 Å². The van der Waals surface area contributed by atoms with Crippen LogP contribution in [0, 0.1) is 11.8 Å². The summed E-state index contributed by atoms with van der Waals surface area (Å²) in [6.45, 7) is 4.47. The number of nitrogens with zero attached hydrogens (tertiary/aromatic N) is 3. The van der Waals surface area contributed by atoms with Gasteiger partial charge in [-0.25, -0.2) is 4.68 Å². The lowest BCUT2D eigenvalue weighted by atomic mass is 9.78. The largest absolute Gasteiger partial charge is 0.352 e. The van der Waals surface area contributed by atoms with Crippen LogP contribution in [0.2, 0.25) is 5.02 Å². The normalized spacial score (nSPS) is 23.0. The number of nitrogens with one attached hydrogen (secondary N) is 1. The fraction of sp³-hybridized carbons (Fsp3) is 0.500. The van der Waals surface area contributed by atoms with Crippen molar-refractivity contribution in [2.45, 2.75) is 44.3 Å². The molecular formula is C18H24ClN5OS. The van der Waals surface area contributed by atoms with Crippen LogP contribution in [0.5, 0.6) is 0 Å². The van der Waals surface area contributed by atoms with Gasteiger partial charge in [0.25, 0.3) is 0 Å². The number of halogens is 1. The van der Waals surface area contributed by atoms with Crippen molar-refractivity contribution in [3.05, 3.63) is 29.3 Å². The van der Waals surface area contributed by atoms with E-state index in [-0.39, 0.29) is 17.7 Å². The molecule has 3 N–H and O–H groups in total. The third-order valence-corrected chi connectivity index (χ3v) is 6.31. The first-order valence-corrected chi connectivity index (χ1v) is 10.2. The predicted octanol–water partition coefficient (Wildman–Crippen LogP) is 3.35. The molecule has 0 unspecified atom stereocenters. The number of aromatic nitrogens is 3. The van der Waals surface area contributed by atoms with E-state index in [1.165, 1.54) is 29.3 Å². The van der Waals surface area contributed by atoms with E-state index < -0.39 is 0 Å². The summed E-state index contributed by atoms with van der Waals surface area (Å²) in [7, 11) is 0. The number of amides is 1. The molecule has 8 heteroatoms. The van der Waals surface area contributed by atoms with Crippen molar-refractivity contribution in [3.8, 4) is 11.4 Å². The Kier molecular flexibility index (Phi) is 6.09. The van der Waals surface area contributed by atoms with E-state index in [0.29, 0.717) is 27.8 Å². The second-order valence-electron chi connectivity index (χ2n) is 6.92. The van der Waals surface area contributed by atoms with Crippen molar-refractivity contribution in [1.82, 2.24) is 20.2 Å². The van der Waals surface area contributed by atoms with Gasteiger partial charge in [-0.15, -0.1) is 10.2 Å². The van der Waals surface area contributed by atoms with Crippen molar-refractivity contribution in [2.75, 3.05) is 11.6 Å². The summed E-state index contributed by atoms with van der Waals surface area (Å²) in [5.41, 5.74) is 0.786. The number of benzene rings is 1. The Morgan fingerprint density at radius 2 is 2.19 bits per heavy atom. The van der Waals surface area contributed by atoms with Gasteiger partial charge < -0.3 is 11.2 Å². The van der Waals surface area contributed by atoms with Gasteiger partial charge >= 0.3 is 0 Å². The van der Waals surface area contributed by atoms with Crippen LogP contribution in [0.1, 0.15) is 33.1 Å². The minimum atomic E-state index is 0.00764. The lowest BCUT2D eigenvalue weighted by Crippen LogP contribution is -2.44. The van der Waals surface area contributed by atoms with E-state index in [4.69, 9.17) is 17.4 Å². The van der Waals surface area contributed by atoms with E-state index in [0.717, 1.165) is 12.0 Å². The van der Waals surface area contributed by atoms with Crippen LogP contribution < -0.4 is 11.2 Å². The van der Waals surface area contributed by atoms with Crippen molar-refractivity contribution in [1.29, 1.82) is 0 Å². The zero-order valence-electron chi connectivity index (χ0n) is 15.0. The van der Waals surface area contributed by atoms with Crippen molar-refractivity contribution >= 4 is 29.3 Å². The van der Waals surface area contributed by atoms with E-state index in [1.807, 2.05) is 12.1 Å². The van der Waals surface area contributed by atoms with E-state index >= 15 is 0 Å². The van der Waals surface area contributed by atoms with Gasteiger partial charge in [-0.1, -0.05) is 62.2 Å². The summed E-state index contributed by atoms with van der Waals surface area (Å²) >= 11 is 7.30. The smallest absolute Gasteiger partial charge is 0.230 e. The monoisotopic (exact) mass is 393 g/mol. The molecule has 140 valence electrons. The second-order valence-corrected chi connectivity index (χ2v) is 8.30. The van der Waals surface area contributed by atoms with E-state index in [1.54, 1.807) is 12.1 Å². The van der Waals surface area contributed by atoms with Crippen LogP contribution in [0.3, 0.4) is 0 Å². The fourth-order valence-electron chi connectivity index (χ4n) is 3.36. The number of nitrogens with two attached hydrogens (primary N) is 1. The molecule has 3 rings (SSSR count). The number of hydrogen-bond acceptors (Lipinski definition) is 5. The molecule has 0 radical (unpaired) electrons. The van der Waals surface area contributed by atoms with Crippen LogP contribution in [0.15, 0.2) is 29.4 Å². The number of hydrogen-bond donors (Lipinski definition) is 2. The quantitative estimate of drug-likeness (QED) is 0.601. The molecule has 0 aliphatic heterocycles. The summed E-state index contributed by atoms with van der Waals surface area (Å²) < 4.78 is 1.40. The molecule has 26 heavy (non-hydrogen) atoms. The van der Waals surface area contributed by atoms with Gasteiger partial charge in [-0.2, -0.15) is 0 Å². The van der Waals surface area contributed by atoms with Gasteiger partial charge in [0.15, 0.2) is 5.82 Å². The Bertz CT molecular complexity index is 781. The number of nitrogen functional groups attached to an aromatic ring is 1. The minimum Gasteiger partial charge on any atom is -0.352 e. The molecule has 1 saturated carbocycles. The highest BCUT2D eigenvalue weighted by molar-refractivity contribution is 7.99. The summed E-state index contributed by atoms with van der Waals surface area (Å²) in [6.07, 6.45) is 3.46. The maximum atomic E-state index is 12.3. The van der Waals surface area contributed by atoms with Gasteiger partial charge in [0.1, 0.15) is 0 Å². The van der Waals surface area contributed by atoms with Crippen LogP contribution in [0.4, 0.5) is 0 Å². The molecule has 1 aromatic heterocycles. The van der Waals surface area contributed by atoms with E-state index in [9.17, 15) is 4.79 Å². The maximum absolute atomic E-state index is 12.3. The highest BCUT2D eigenvalue weighted by Crippen LogP contribution is 2.29. The summed E-state index contributed by atoms with van der Waals surface area (Å²) in [4.78, 5) is 12.3. The third kappa shape index (κ3) is 4.32. The first kappa shape index (κ1) is 19.0. The zero-order valence-corrected chi connectivity index (χ0v) is 16.6. The lowest BCUT2D eigenvalue weighted by molar-refractivity contribution is -0.120. The molecule has 3 atom stereocenters. The average molecular weight is 394 g/mol. The molecule has 6 nitrogen and oxygen atoms in total. The second kappa shape index (κ2) is 8.31. The predicted molar refractivity (Wildman–Crippen MR) is 105 cm³/mol. The minimum absolute atomic E-state index is 0.00764. The van der Waals surface area contributed by atoms with Crippen LogP contribution >= 0.6 is 23.4 Å². The molecular weight excluding hydrogens is 370 g/mol. The van der Waals surface area contributed by atoms with E-state index in [2.05, 4.69) is 29.4 Å². The molecule has 0 spiro atoms. The van der Waals surface area contributed by atoms with Gasteiger partial charge in [0.05, 0.1) is 5.75 Å². The highest BCUT2D eigenvalue weighted by atomic mass is 35.5. The Hall–Kier alpha value is -1.73. The Morgan fingerprint density at radius 3 is 2.96 bits per heavy atom. The summed E-state index contributed by atoms with van der Waals surface area (Å²) in [5.74, 6) is 8.04. The van der Waals surface area contributed by atoms with Crippen LogP contribution in [-0.4, -0.2) is 32.6 Å². The Labute approximate surface area is 162 Å². The highest BCUT2D eigenvalue weighted by Gasteiger charge is 2.28. The summed E-state index contributed by atoms with van der Waals surface area (Å²) in [5, 5.41) is 12.5. The molecule has 1 aliphatic rings. The standard InChI is InChI=1S/C18H24ClN5OS/c1-11-5-3-8-15(12(11)2)21-16(25)10-26-18-23-22-17(24(18)20)13-6-4-7-14(19)9-13/h4,6-7,9,11-12,15H,3,5,8,10,20H2,1-2H3,(H,21,25)/t11-,12-,15+/m1/s1. The maximum Gasteiger partial charge on any atom is 0.230 e. The lowest BCUT2D eigenvalue weighted by Gasteiger charge is -2.34. The Balaban J connectivity index is 1.59. The molecule has 1 fully saturated rings. The molecule has 1 aliphatic carbocycles. The molecule has 2 aromatic rings. The molecule has 1 amide bonds. The number of carbonyl (C=O) groups is 1. The first-order valence-electron chi connectivity index (χ1n) is 8.84. The average Bonchev–Trinajstić information content (AvgIpc) is 2.98. The SMILES string of the molecule is C[C@@H]1[C@H](C)CCC[C@@H]1NC(=O)CSc1nnc(-c2cccc(Cl)c2)n1N. The van der Waals surface area contributed by atoms with Gasteiger partial charge in [0, 0.05) is 16.6 Å². The Morgan fingerprint density at radius 1 is 1.38 bits per heavy atom. The number of carbonyl (C=O) groups excluding carboxylic acids is 1. The molecule has 1 heterocycles. The molecule has 0 saturated heterocycles. The first-order chi connectivity index (χ1) is 12.5. The van der Waals surface area contributed by atoms with Crippen molar-refractivity contribution in [2.24, 2.45) is 11.8 Å². The number of rotatable bonds is 5. The van der Waals surface area contributed by atoms with Gasteiger partial charge in [-0.3, -0.25) is 4.79 Å². The zero-order chi connectivity index (χ0) is 18.7. The van der Waals surface area contributed by atoms with Crippen molar-refractivity contribution in [3.63, 3.8) is 0 Å². The van der Waals surface area contributed by atoms with Crippen molar-refractivity contribution < 1.29 is 4.79 Å². The molecule has 0 bridgehead atoms.